The van der Waals surface area contributed by atoms with Gasteiger partial charge in [0.15, 0.2) is 11.7 Å². The van der Waals surface area contributed by atoms with Crippen LogP contribution < -0.4 is 10.1 Å². The van der Waals surface area contributed by atoms with Gasteiger partial charge >= 0.3 is 5.97 Å². The molecule has 0 atom stereocenters. The van der Waals surface area contributed by atoms with E-state index in [4.69, 9.17) is 9.47 Å². The van der Waals surface area contributed by atoms with Gasteiger partial charge in [-0.1, -0.05) is 48.0 Å². The van der Waals surface area contributed by atoms with E-state index in [1.54, 1.807) is 12.1 Å². The van der Waals surface area contributed by atoms with Gasteiger partial charge in [0.2, 0.25) is 0 Å². The highest BCUT2D eigenvalue weighted by Gasteiger charge is 2.11. The van der Waals surface area contributed by atoms with Crippen molar-refractivity contribution in [3.05, 3.63) is 65.5 Å². The Hall–Kier alpha value is -3.19. The third-order valence-corrected chi connectivity index (χ3v) is 4.54. The highest BCUT2D eigenvalue weighted by Crippen LogP contribution is 2.25. The number of nitrogens with zero attached hydrogens (tertiary/aromatic N) is 1. The first-order valence-corrected chi connectivity index (χ1v) is 9.64. The third-order valence-electron chi connectivity index (χ3n) is 3.78. The number of anilines is 1. The number of hydrogen-bond donors (Lipinski definition) is 1. The van der Waals surface area contributed by atoms with Crippen LogP contribution in [0.3, 0.4) is 0 Å². The van der Waals surface area contributed by atoms with E-state index >= 15 is 0 Å². The van der Waals surface area contributed by atoms with E-state index in [0.717, 1.165) is 11.3 Å². The van der Waals surface area contributed by atoms with Crippen molar-refractivity contribution < 1.29 is 19.1 Å². The first-order chi connectivity index (χ1) is 13.6. The Morgan fingerprint density at radius 1 is 1.07 bits per heavy atom. The molecule has 0 radical (unpaired) electrons. The molecule has 1 heterocycles. The zero-order valence-electron chi connectivity index (χ0n) is 15.4. The van der Waals surface area contributed by atoms with Crippen LogP contribution in [0.5, 0.6) is 5.75 Å². The van der Waals surface area contributed by atoms with Crippen molar-refractivity contribution in [2.75, 3.05) is 18.5 Å². The van der Waals surface area contributed by atoms with Crippen molar-refractivity contribution in [1.29, 1.82) is 0 Å². The minimum Gasteiger partial charge on any atom is -0.493 e. The summed E-state index contributed by atoms with van der Waals surface area (Å²) in [5.41, 5.74) is 2.94. The Morgan fingerprint density at radius 2 is 1.82 bits per heavy atom. The zero-order valence-corrected chi connectivity index (χ0v) is 16.2. The molecule has 0 saturated heterocycles. The number of ether oxygens (including phenoxy) is 2. The summed E-state index contributed by atoms with van der Waals surface area (Å²) in [6.07, 6.45) is 0.0665. The summed E-state index contributed by atoms with van der Waals surface area (Å²) in [5, 5.41) is 4.97. The molecule has 0 bridgehead atoms. The van der Waals surface area contributed by atoms with Crippen LogP contribution in [0, 0.1) is 6.92 Å². The largest absolute Gasteiger partial charge is 0.493 e. The molecule has 1 aromatic heterocycles. The van der Waals surface area contributed by atoms with Crippen molar-refractivity contribution >= 4 is 28.3 Å². The molecular formula is C21H20N2O4S. The third kappa shape index (κ3) is 5.92. The SMILES string of the molecule is Cc1ccc(-c2csc(NC(=O)COC(=O)CCOc3ccccc3)n2)cc1. The number of amides is 1. The molecule has 0 spiro atoms. The maximum absolute atomic E-state index is 11.9. The molecule has 144 valence electrons. The van der Waals surface area contributed by atoms with Crippen molar-refractivity contribution in [2.45, 2.75) is 13.3 Å². The van der Waals surface area contributed by atoms with E-state index in [0.29, 0.717) is 10.9 Å². The van der Waals surface area contributed by atoms with Gasteiger partial charge in [-0.2, -0.15) is 0 Å². The summed E-state index contributed by atoms with van der Waals surface area (Å²) in [6, 6.07) is 17.2. The number of thiazole rings is 1. The van der Waals surface area contributed by atoms with Crippen molar-refractivity contribution in [1.82, 2.24) is 4.98 Å². The Kier molecular flexibility index (Phi) is 6.75. The topological polar surface area (TPSA) is 77.5 Å². The lowest BCUT2D eigenvalue weighted by molar-refractivity contribution is -0.147. The monoisotopic (exact) mass is 396 g/mol. The summed E-state index contributed by atoms with van der Waals surface area (Å²) in [6.45, 7) is 1.85. The number of carbonyl (C=O) groups is 2. The van der Waals surface area contributed by atoms with E-state index in [9.17, 15) is 9.59 Å². The van der Waals surface area contributed by atoms with Crippen LogP contribution in [-0.4, -0.2) is 30.1 Å². The molecule has 2 aromatic carbocycles. The summed E-state index contributed by atoms with van der Waals surface area (Å²) in [7, 11) is 0. The maximum atomic E-state index is 11.9. The highest BCUT2D eigenvalue weighted by atomic mass is 32.1. The van der Waals surface area contributed by atoms with Gasteiger partial charge in [0, 0.05) is 10.9 Å². The highest BCUT2D eigenvalue weighted by molar-refractivity contribution is 7.14. The van der Waals surface area contributed by atoms with E-state index in [1.807, 2.05) is 54.8 Å². The lowest BCUT2D eigenvalue weighted by atomic mass is 10.1. The summed E-state index contributed by atoms with van der Waals surface area (Å²) >= 11 is 1.32. The average Bonchev–Trinajstić information content (AvgIpc) is 3.16. The normalized spacial score (nSPS) is 10.3. The molecule has 3 aromatic rings. The number of nitrogens with one attached hydrogen (secondary N) is 1. The zero-order chi connectivity index (χ0) is 19.8. The maximum Gasteiger partial charge on any atom is 0.309 e. The van der Waals surface area contributed by atoms with E-state index < -0.39 is 11.9 Å². The standard InChI is InChI=1S/C21H20N2O4S/c1-15-7-9-16(10-8-15)18-14-28-21(22-18)23-19(24)13-27-20(25)11-12-26-17-5-3-2-4-6-17/h2-10,14H,11-13H2,1H3,(H,22,23,24). The number of rotatable bonds is 8. The summed E-state index contributed by atoms with van der Waals surface area (Å²) in [4.78, 5) is 28.0. The predicted molar refractivity (Wildman–Crippen MR) is 108 cm³/mol. The fourth-order valence-corrected chi connectivity index (χ4v) is 3.07. The minimum atomic E-state index is -0.495. The molecule has 0 saturated carbocycles. The number of esters is 1. The van der Waals surface area contributed by atoms with Crippen LogP contribution in [-0.2, 0) is 14.3 Å². The van der Waals surface area contributed by atoms with Gasteiger partial charge < -0.3 is 9.47 Å². The molecule has 3 rings (SSSR count). The van der Waals surface area contributed by atoms with Crippen LogP contribution in [0.1, 0.15) is 12.0 Å². The number of carbonyl (C=O) groups excluding carboxylic acids is 2. The summed E-state index contributed by atoms with van der Waals surface area (Å²) < 4.78 is 10.4. The number of aryl methyl sites for hydroxylation is 1. The molecular weight excluding hydrogens is 376 g/mol. The summed E-state index contributed by atoms with van der Waals surface area (Å²) in [5.74, 6) is -0.242. The second-order valence-corrected chi connectivity index (χ2v) is 6.88. The van der Waals surface area contributed by atoms with Gasteiger partial charge in [-0.05, 0) is 19.1 Å². The number of para-hydroxylation sites is 1. The minimum absolute atomic E-state index is 0.0665. The molecule has 0 fully saturated rings. The molecule has 0 unspecified atom stereocenters. The van der Waals surface area contributed by atoms with Crippen LogP contribution in [0.4, 0.5) is 5.13 Å². The van der Waals surface area contributed by atoms with Crippen LogP contribution in [0.25, 0.3) is 11.3 Å². The van der Waals surface area contributed by atoms with Crippen LogP contribution in [0.2, 0.25) is 0 Å². The van der Waals surface area contributed by atoms with E-state index in [2.05, 4.69) is 10.3 Å². The molecule has 1 N–H and O–H groups in total. The second-order valence-electron chi connectivity index (χ2n) is 6.02. The fourth-order valence-electron chi connectivity index (χ4n) is 2.33. The van der Waals surface area contributed by atoms with Crippen molar-refractivity contribution in [3.8, 4) is 17.0 Å². The Bertz CT molecular complexity index is 923. The average molecular weight is 396 g/mol. The first-order valence-electron chi connectivity index (χ1n) is 8.76. The van der Waals surface area contributed by atoms with Gasteiger partial charge in [-0.25, -0.2) is 4.98 Å². The molecule has 0 aliphatic rings. The van der Waals surface area contributed by atoms with Crippen molar-refractivity contribution in [2.24, 2.45) is 0 Å². The van der Waals surface area contributed by atoms with Crippen LogP contribution in [0.15, 0.2) is 60.0 Å². The molecule has 1 amide bonds. The first kappa shape index (κ1) is 19.6. The Balaban J connectivity index is 1.39. The fraction of sp³-hybridized carbons (Fsp3) is 0.190. The van der Waals surface area contributed by atoms with Gasteiger partial charge in [0.25, 0.3) is 5.91 Å². The molecule has 6 nitrogen and oxygen atoms in total. The van der Waals surface area contributed by atoms with Gasteiger partial charge in [-0.15, -0.1) is 11.3 Å². The van der Waals surface area contributed by atoms with Gasteiger partial charge in [-0.3, -0.25) is 14.9 Å². The van der Waals surface area contributed by atoms with Gasteiger partial charge in [0.1, 0.15) is 5.75 Å². The number of aromatic nitrogens is 1. The van der Waals surface area contributed by atoms with E-state index in [1.165, 1.54) is 16.9 Å². The number of benzene rings is 2. The lowest BCUT2D eigenvalue weighted by Crippen LogP contribution is -2.21. The molecule has 0 aliphatic carbocycles. The quantitative estimate of drug-likeness (QED) is 0.581. The molecule has 0 aliphatic heterocycles. The Morgan fingerprint density at radius 3 is 2.57 bits per heavy atom. The lowest BCUT2D eigenvalue weighted by Gasteiger charge is -2.06. The number of hydrogen-bond acceptors (Lipinski definition) is 6. The predicted octanol–water partition coefficient (Wildman–Crippen LogP) is 4.07. The van der Waals surface area contributed by atoms with Crippen molar-refractivity contribution in [3.63, 3.8) is 0 Å². The Labute approximate surface area is 167 Å². The van der Waals surface area contributed by atoms with E-state index in [-0.39, 0.29) is 19.6 Å². The van der Waals surface area contributed by atoms with Crippen LogP contribution >= 0.6 is 11.3 Å². The molecule has 7 heteroatoms. The second kappa shape index (κ2) is 9.66. The molecule has 28 heavy (non-hydrogen) atoms. The smallest absolute Gasteiger partial charge is 0.309 e. The van der Waals surface area contributed by atoms with Gasteiger partial charge in [0.05, 0.1) is 18.7 Å².